The summed E-state index contributed by atoms with van der Waals surface area (Å²) in [7, 11) is -1.21. The van der Waals surface area contributed by atoms with E-state index in [0.717, 1.165) is 23.8 Å². The van der Waals surface area contributed by atoms with E-state index in [0.29, 0.717) is 30.3 Å². The van der Waals surface area contributed by atoms with Gasteiger partial charge in [-0.05, 0) is 25.1 Å². The Bertz CT molecular complexity index is 829. The molecule has 3 rings (SSSR count). The Labute approximate surface area is 143 Å². The first kappa shape index (κ1) is 16.7. The van der Waals surface area contributed by atoms with Crippen molar-refractivity contribution < 1.29 is 8.95 Å². The van der Waals surface area contributed by atoms with Crippen LogP contribution in [0.2, 0.25) is 0 Å². The lowest BCUT2D eigenvalue weighted by atomic mass is 10.1. The average Bonchev–Trinajstić information content (AvgIpc) is 2.99. The number of ether oxygens (including phenoxy) is 1. The Morgan fingerprint density at radius 2 is 2.38 bits per heavy atom. The molecule has 1 aliphatic heterocycles. The number of rotatable bonds is 4. The van der Waals surface area contributed by atoms with E-state index in [1.807, 2.05) is 12.1 Å². The molecule has 0 aliphatic carbocycles. The minimum Gasteiger partial charge on any atom is -0.397 e. The van der Waals surface area contributed by atoms with Crippen molar-refractivity contribution in [3.63, 3.8) is 0 Å². The number of fused-ring (bicyclic) bond motifs is 1. The number of nitrogens with two attached hydrogens (primary N) is 1. The van der Waals surface area contributed by atoms with Crippen molar-refractivity contribution in [1.82, 2.24) is 8.96 Å². The smallest absolute Gasteiger partial charge is 0.154 e. The molecule has 2 aromatic rings. The highest BCUT2D eigenvalue weighted by Crippen LogP contribution is 2.31. The maximum Gasteiger partial charge on any atom is 0.154 e. The number of allylic oxidation sites excluding steroid dienone is 1. The van der Waals surface area contributed by atoms with Gasteiger partial charge in [0.15, 0.2) is 5.65 Å². The zero-order valence-electron chi connectivity index (χ0n) is 13.7. The number of pyridine rings is 1. The number of morpholine rings is 1. The van der Waals surface area contributed by atoms with Crippen molar-refractivity contribution in [2.45, 2.75) is 13.0 Å². The van der Waals surface area contributed by atoms with Gasteiger partial charge in [0.2, 0.25) is 0 Å². The third kappa shape index (κ3) is 2.94. The molecule has 0 amide bonds. The first-order valence-electron chi connectivity index (χ1n) is 7.70. The minimum absolute atomic E-state index is 0.223. The van der Waals surface area contributed by atoms with Crippen LogP contribution in [-0.4, -0.2) is 51.4 Å². The molecular weight excluding hydrogens is 326 g/mol. The Kier molecular flexibility index (Phi) is 4.68. The average molecular weight is 347 g/mol. The Morgan fingerprint density at radius 1 is 1.58 bits per heavy atom. The van der Waals surface area contributed by atoms with E-state index >= 15 is 0 Å². The normalized spacial score (nSPS) is 20.3. The number of aromatic nitrogens is 2. The molecule has 1 aliphatic rings. The van der Waals surface area contributed by atoms with Crippen molar-refractivity contribution in [1.29, 1.82) is 5.41 Å². The Morgan fingerprint density at radius 3 is 3.04 bits per heavy atom. The van der Waals surface area contributed by atoms with Gasteiger partial charge in [0.1, 0.15) is 11.0 Å². The quantitative estimate of drug-likeness (QED) is 0.814. The Hall–Kier alpha value is -2.19. The van der Waals surface area contributed by atoms with Crippen molar-refractivity contribution in [3.05, 3.63) is 30.1 Å². The fourth-order valence-corrected chi connectivity index (χ4v) is 3.54. The van der Waals surface area contributed by atoms with Crippen LogP contribution in [0, 0.1) is 5.41 Å². The zero-order valence-corrected chi connectivity index (χ0v) is 14.5. The van der Waals surface area contributed by atoms with Gasteiger partial charge in [-0.2, -0.15) is 0 Å². The van der Waals surface area contributed by atoms with Crippen LogP contribution in [0.3, 0.4) is 0 Å². The molecule has 0 radical (unpaired) electrons. The van der Waals surface area contributed by atoms with Gasteiger partial charge >= 0.3 is 0 Å². The molecular formula is C16H21N5O2S. The van der Waals surface area contributed by atoms with Crippen LogP contribution < -0.4 is 10.6 Å². The maximum atomic E-state index is 12.0. The first-order valence-corrected chi connectivity index (χ1v) is 9.21. The van der Waals surface area contributed by atoms with E-state index in [1.165, 1.54) is 6.08 Å². The van der Waals surface area contributed by atoms with E-state index in [1.54, 1.807) is 16.4 Å². The highest BCUT2D eigenvalue weighted by atomic mass is 32.2. The lowest BCUT2D eigenvalue weighted by Crippen LogP contribution is -2.43. The summed E-state index contributed by atoms with van der Waals surface area (Å²) in [6, 6.07) is 4.09. The molecule has 2 unspecified atom stereocenters. The zero-order chi connectivity index (χ0) is 17.3. The van der Waals surface area contributed by atoms with Gasteiger partial charge in [0, 0.05) is 36.6 Å². The first-order chi connectivity index (χ1) is 11.5. The van der Waals surface area contributed by atoms with E-state index in [9.17, 15) is 4.21 Å². The molecule has 0 aromatic carbocycles. The molecule has 24 heavy (non-hydrogen) atoms. The SMILES string of the molecule is CC1COCCN1c1cc(/C(N)=C/C=N)nc2c1ccn2S(C)=O. The Balaban J connectivity index is 2.24. The van der Waals surface area contributed by atoms with Crippen molar-refractivity contribution in [2.24, 2.45) is 5.73 Å². The molecule has 1 saturated heterocycles. The molecule has 7 nitrogen and oxygen atoms in total. The fraction of sp³-hybridized carbons (Fsp3) is 0.375. The number of hydrogen-bond donors (Lipinski definition) is 2. The predicted octanol–water partition coefficient (Wildman–Crippen LogP) is 1.35. The summed E-state index contributed by atoms with van der Waals surface area (Å²) in [5.41, 5.74) is 8.65. The summed E-state index contributed by atoms with van der Waals surface area (Å²) in [5, 5.41) is 8.15. The molecule has 1 fully saturated rings. The number of hydrogen-bond acceptors (Lipinski definition) is 6. The van der Waals surface area contributed by atoms with Gasteiger partial charge in [-0.25, -0.2) is 9.19 Å². The predicted molar refractivity (Wildman–Crippen MR) is 97.8 cm³/mol. The second-order valence-corrected chi connectivity index (χ2v) is 6.98. The van der Waals surface area contributed by atoms with Crippen molar-refractivity contribution >= 4 is 39.6 Å². The fourth-order valence-electron chi connectivity index (χ4n) is 2.92. The third-order valence-corrected chi connectivity index (χ3v) is 4.96. The van der Waals surface area contributed by atoms with Gasteiger partial charge in [-0.3, -0.25) is 3.97 Å². The van der Waals surface area contributed by atoms with Gasteiger partial charge in [0.05, 0.1) is 30.3 Å². The van der Waals surface area contributed by atoms with Crippen LogP contribution in [0.25, 0.3) is 16.7 Å². The van der Waals surface area contributed by atoms with Gasteiger partial charge in [-0.1, -0.05) is 0 Å². The third-order valence-electron chi connectivity index (χ3n) is 4.11. The monoisotopic (exact) mass is 347 g/mol. The molecule has 0 spiro atoms. The van der Waals surface area contributed by atoms with Crippen LogP contribution in [0.1, 0.15) is 12.6 Å². The summed E-state index contributed by atoms with van der Waals surface area (Å²) in [6.45, 7) is 4.20. The number of nitrogens with zero attached hydrogens (tertiary/aromatic N) is 3. The van der Waals surface area contributed by atoms with E-state index in [2.05, 4.69) is 16.8 Å². The van der Waals surface area contributed by atoms with Crippen LogP contribution in [0.15, 0.2) is 24.4 Å². The second kappa shape index (κ2) is 6.74. The van der Waals surface area contributed by atoms with E-state index in [4.69, 9.17) is 15.9 Å². The molecule has 8 heteroatoms. The molecule has 0 bridgehead atoms. The summed E-state index contributed by atoms with van der Waals surface area (Å²) in [4.78, 5) is 6.83. The topological polar surface area (TPSA) is 97.2 Å². The van der Waals surface area contributed by atoms with Crippen molar-refractivity contribution in [3.8, 4) is 0 Å². The molecule has 3 N–H and O–H groups in total. The van der Waals surface area contributed by atoms with Gasteiger partial charge in [0.25, 0.3) is 0 Å². The summed E-state index contributed by atoms with van der Waals surface area (Å²) >= 11 is 0. The second-order valence-electron chi connectivity index (χ2n) is 5.74. The largest absolute Gasteiger partial charge is 0.397 e. The van der Waals surface area contributed by atoms with Crippen LogP contribution in [-0.2, 0) is 15.7 Å². The van der Waals surface area contributed by atoms with E-state index < -0.39 is 11.0 Å². The van der Waals surface area contributed by atoms with Crippen LogP contribution in [0.4, 0.5) is 5.69 Å². The highest BCUT2D eigenvalue weighted by Gasteiger charge is 2.23. The lowest BCUT2D eigenvalue weighted by Gasteiger charge is -2.35. The number of nitrogens with one attached hydrogen (secondary N) is 1. The van der Waals surface area contributed by atoms with Crippen molar-refractivity contribution in [2.75, 3.05) is 30.9 Å². The molecule has 2 atom stereocenters. The molecule has 128 valence electrons. The highest BCUT2D eigenvalue weighted by molar-refractivity contribution is 7.82. The van der Waals surface area contributed by atoms with Gasteiger partial charge in [-0.15, -0.1) is 0 Å². The maximum absolute atomic E-state index is 12.0. The molecule has 0 saturated carbocycles. The summed E-state index contributed by atoms with van der Waals surface area (Å²) in [5.74, 6) is 0. The summed E-state index contributed by atoms with van der Waals surface area (Å²) < 4.78 is 19.2. The standard InChI is InChI=1S/C16H21N5O2S/c1-11-10-23-8-7-20(11)15-9-14(13(18)3-5-17)19-16-12(15)4-6-21(16)24(2)22/h3-6,9,11,17H,7-8,10,18H2,1-2H3/b13-3-,17-5?. The van der Waals surface area contributed by atoms with Crippen LogP contribution in [0.5, 0.6) is 0 Å². The lowest BCUT2D eigenvalue weighted by molar-refractivity contribution is 0.0991. The molecule has 3 heterocycles. The minimum atomic E-state index is -1.21. The van der Waals surface area contributed by atoms with Gasteiger partial charge < -0.3 is 20.8 Å². The molecule has 2 aromatic heterocycles. The number of anilines is 1. The van der Waals surface area contributed by atoms with E-state index in [-0.39, 0.29) is 6.04 Å². The van der Waals surface area contributed by atoms with Crippen LogP contribution >= 0.6 is 0 Å². The summed E-state index contributed by atoms with van der Waals surface area (Å²) in [6.07, 6.45) is 6.02.